The largest absolute Gasteiger partial charge is 0.356 e. The molecule has 0 amide bonds. The van der Waals surface area contributed by atoms with Crippen LogP contribution in [0.25, 0.3) is 0 Å². The minimum Gasteiger partial charge on any atom is -0.356 e. The first-order chi connectivity index (χ1) is 8.41. The number of carbonyl (C=O) groups is 1. The summed E-state index contributed by atoms with van der Waals surface area (Å²) >= 11 is 0. The van der Waals surface area contributed by atoms with Crippen molar-refractivity contribution < 1.29 is 9.18 Å². The Hall–Kier alpha value is -1.90. The zero-order valence-electron chi connectivity index (χ0n) is 11.0. The van der Waals surface area contributed by atoms with E-state index in [2.05, 4.69) is 4.98 Å². The molecule has 2 rings (SSSR count). The fourth-order valence-electron chi connectivity index (χ4n) is 2.01. The third-order valence-corrected chi connectivity index (χ3v) is 3.41. The second kappa shape index (κ2) is 4.41. The number of hydrogen-bond donors (Lipinski definition) is 1. The SMILES string of the molecule is Cc1ccc(C(=O)c2[nH]c(C)c(C)c2C)c(F)c1. The molecule has 1 aromatic heterocycles. The molecule has 0 bridgehead atoms. The van der Waals surface area contributed by atoms with E-state index < -0.39 is 5.82 Å². The fourth-order valence-corrected chi connectivity index (χ4v) is 2.01. The number of benzene rings is 1. The lowest BCUT2D eigenvalue weighted by Gasteiger charge is -2.03. The topological polar surface area (TPSA) is 32.9 Å². The van der Waals surface area contributed by atoms with Crippen molar-refractivity contribution in [1.82, 2.24) is 4.98 Å². The lowest BCUT2D eigenvalue weighted by molar-refractivity contribution is 0.103. The maximum Gasteiger partial charge on any atom is 0.212 e. The van der Waals surface area contributed by atoms with Gasteiger partial charge >= 0.3 is 0 Å². The molecular formula is C15H16FNO. The molecule has 0 aliphatic rings. The van der Waals surface area contributed by atoms with Gasteiger partial charge in [-0.15, -0.1) is 0 Å². The number of rotatable bonds is 2. The number of ketones is 1. The fraction of sp³-hybridized carbons (Fsp3) is 0.267. The van der Waals surface area contributed by atoms with E-state index in [1.54, 1.807) is 13.0 Å². The van der Waals surface area contributed by atoms with Crippen LogP contribution in [0.2, 0.25) is 0 Å². The van der Waals surface area contributed by atoms with Crippen LogP contribution in [-0.2, 0) is 0 Å². The van der Waals surface area contributed by atoms with Crippen molar-refractivity contribution in [3.8, 4) is 0 Å². The summed E-state index contributed by atoms with van der Waals surface area (Å²) in [4.78, 5) is 15.3. The first-order valence-electron chi connectivity index (χ1n) is 5.88. The van der Waals surface area contributed by atoms with Gasteiger partial charge in [0.1, 0.15) is 5.82 Å². The van der Waals surface area contributed by atoms with Crippen LogP contribution in [-0.4, -0.2) is 10.8 Å². The van der Waals surface area contributed by atoms with E-state index in [1.165, 1.54) is 12.1 Å². The Labute approximate surface area is 106 Å². The smallest absolute Gasteiger partial charge is 0.212 e. The van der Waals surface area contributed by atoms with E-state index in [0.717, 1.165) is 22.4 Å². The van der Waals surface area contributed by atoms with Crippen LogP contribution in [0.15, 0.2) is 18.2 Å². The average Bonchev–Trinajstić information content (AvgIpc) is 2.56. The van der Waals surface area contributed by atoms with Crippen molar-refractivity contribution >= 4 is 5.78 Å². The van der Waals surface area contributed by atoms with Gasteiger partial charge in [-0.3, -0.25) is 4.79 Å². The lowest BCUT2D eigenvalue weighted by Crippen LogP contribution is -2.06. The van der Waals surface area contributed by atoms with E-state index in [9.17, 15) is 9.18 Å². The number of hydrogen-bond acceptors (Lipinski definition) is 1. The molecule has 94 valence electrons. The second-order valence-electron chi connectivity index (χ2n) is 4.69. The van der Waals surface area contributed by atoms with Gasteiger partial charge in [-0.25, -0.2) is 4.39 Å². The maximum absolute atomic E-state index is 13.8. The number of H-pyrrole nitrogens is 1. The van der Waals surface area contributed by atoms with Crippen LogP contribution < -0.4 is 0 Å². The van der Waals surface area contributed by atoms with Gasteiger partial charge in [0.25, 0.3) is 0 Å². The Kier molecular flexibility index (Phi) is 3.07. The molecule has 0 spiro atoms. The summed E-state index contributed by atoms with van der Waals surface area (Å²) < 4.78 is 13.8. The standard InChI is InChI=1S/C15H16FNO/c1-8-5-6-12(13(16)7-8)15(18)14-10(3)9(2)11(4)17-14/h5-7,17H,1-4H3. The van der Waals surface area contributed by atoms with Crippen LogP contribution in [0.1, 0.15) is 38.4 Å². The van der Waals surface area contributed by atoms with E-state index >= 15 is 0 Å². The molecule has 0 saturated carbocycles. The average molecular weight is 245 g/mol. The van der Waals surface area contributed by atoms with E-state index in [1.807, 2.05) is 20.8 Å². The van der Waals surface area contributed by atoms with Crippen molar-refractivity contribution in [2.75, 3.05) is 0 Å². The number of aromatic nitrogens is 1. The molecule has 2 nitrogen and oxygen atoms in total. The molecule has 3 heteroatoms. The Morgan fingerprint density at radius 3 is 2.28 bits per heavy atom. The monoisotopic (exact) mass is 245 g/mol. The Morgan fingerprint density at radius 2 is 1.78 bits per heavy atom. The number of halogens is 1. The third-order valence-electron chi connectivity index (χ3n) is 3.41. The predicted molar refractivity (Wildman–Crippen MR) is 69.6 cm³/mol. The zero-order chi connectivity index (χ0) is 13.4. The summed E-state index contributed by atoms with van der Waals surface area (Å²) in [5.74, 6) is -0.759. The van der Waals surface area contributed by atoms with E-state index in [0.29, 0.717) is 5.69 Å². The summed E-state index contributed by atoms with van der Waals surface area (Å²) in [6, 6.07) is 4.66. The van der Waals surface area contributed by atoms with Crippen molar-refractivity contribution in [3.63, 3.8) is 0 Å². The van der Waals surface area contributed by atoms with Gasteiger partial charge in [-0.05, 0) is 56.5 Å². The number of carbonyl (C=O) groups excluding carboxylic acids is 1. The molecule has 0 fully saturated rings. The second-order valence-corrected chi connectivity index (χ2v) is 4.69. The quantitative estimate of drug-likeness (QED) is 0.805. The highest BCUT2D eigenvalue weighted by molar-refractivity contribution is 6.09. The molecule has 0 radical (unpaired) electrons. The first kappa shape index (κ1) is 12.6. The summed E-state index contributed by atoms with van der Waals surface area (Å²) in [7, 11) is 0. The Bertz CT molecular complexity index is 626. The van der Waals surface area contributed by atoms with Crippen LogP contribution in [0, 0.1) is 33.5 Å². The Balaban J connectivity index is 2.51. The van der Waals surface area contributed by atoms with Gasteiger partial charge in [0.2, 0.25) is 5.78 Å². The molecule has 1 N–H and O–H groups in total. The van der Waals surface area contributed by atoms with Crippen molar-refractivity contribution in [1.29, 1.82) is 0 Å². The highest BCUT2D eigenvalue weighted by atomic mass is 19.1. The molecule has 0 aliphatic carbocycles. The van der Waals surface area contributed by atoms with Crippen LogP contribution in [0.5, 0.6) is 0 Å². The first-order valence-corrected chi connectivity index (χ1v) is 5.88. The van der Waals surface area contributed by atoms with Crippen molar-refractivity contribution in [3.05, 3.63) is 57.7 Å². The van der Waals surface area contributed by atoms with Gasteiger partial charge < -0.3 is 4.98 Å². The van der Waals surface area contributed by atoms with Gasteiger partial charge in [-0.2, -0.15) is 0 Å². The number of aryl methyl sites for hydroxylation is 2. The van der Waals surface area contributed by atoms with E-state index in [-0.39, 0.29) is 11.3 Å². The normalized spacial score (nSPS) is 10.7. The third kappa shape index (κ3) is 1.96. The molecule has 0 aliphatic heterocycles. The molecule has 1 aromatic carbocycles. The lowest BCUT2D eigenvalue weighted by atomic mass is 10.0. The number of nitrogens with one attached hydrogen (secondary N) is 1. The van der Waals surface area contributed by atoms with Crippen LogP contribution in [0.4, 0.5) is 4.39 Å². The van der Waals surface area contributed by atoms with Crippen LogP contribution >= 0.6 is 0 Å². The highest BCUT2D eigenvalue weighted by Crippen LogP contribution is 2.21. The van der Waals surface area contributed by atoms with Gasteiger partial charge in [0.05, 0.1) is 11.3 Å². The summed E-state index contributed by atoms with van der Waals surface area (Å²) in [6.07, 6.45) is 0. The van der Waals surface area contributed by atoms with Gasteiger partial charge in [0, 0.05) is 5.69 Å². The highest BCUT2D eigenvalue weighted by Gasteiger charge is 2.19. The summed E-state index contributed by atoms with van der Waals surface area (Å²) in [5.41, 5.74) is 4.28. The molecule has 2 aromatic rings. The molecule has 1 heterocycles. The summed E-state index contributed by atoms with van der Waals surface area (Å²) in [6.45, 7) is 7.53. The molecule has 0 unspecified atom stereocenters. The van der Waals surface area contributed by atoms with E-state index in [4.69, 9.17) is 0 Å². The summed E-state index contributed by atoms with van der Waals surface area (Å²) in [5, 5.41) is 0. The van der Waals surface area contributed by atoms with Crippen LogP contribution in [0.3, 0.4) is 0 Å². The van der Waals surface area contributed by atoms with Crippen molar-refractivity contribution in [2.24, 2.45) is 0 Å². The maximum atomic E-state index is 13.8. The molecule has 0 atom stereocenters. The zero-order valence-corrected chi connectivity index (χ0v) is 11.0. The van der Waals surface area contributed by atoms with Crippen molar-refractivity contribution in [2.45, 2.75) is 27.7 Å². The molecular weight excluding hydrogens is 229 g/mol. The van der Waals surface area contributed by atoms with Gasteiger partial charge in [-0.1, -0.05) is 6.07 Å². The van der Waals surface area contributed by atoms with Gasteiger partial charge in [0.15, 0.2) is 0 Å². The molecule has 18 heavy (non-hydrogen) atoms. The number of aromatic amines is 1. The minimum atomic E-state index is -0.468. The predicted octanol–water partition coefficient (Wildman–Crippen LogP) is 3.62. The minimum absolute atomic E-state index is 0.116. The Morgan fingerprint density at radius 1 is 1.11 bits per heavy atom. The molecule has 0 saturated heterocycles.